The van der Waals surface area contributed by atoms with Crippen LogP contribution < -0.4 is 50.6 Å². The molecule has 38 heavy (non-hydrogen) atoms. The number of hydrogen-bond acceptors (Lipinski definition) is 3. The largest absolute Gasteiger partial charge is 1.00 e. The van der Waals surface area contributed by atoms with Gasteiger partial charge in [-0.3, -0.25) is 9.59 Å². The Morgan fingerprint density at radius 2 is 1.58 bits per heavy atom. The summed E-state index contributed by atoms with van der Waals surface area (Å²) in [5.41, 5.74) is 2.07. The molecule has 2 aromatic carbocycles. The second kappa shape index (κ2) is 17.9. The summed E-state index contributed by atoms with van der Waals surface area (Å²) in [6.07, 6.45) is 9.65. The Hall–Kier alpha value is -1.52. The summed E-state index contributed by atoms with van der Waals surface area (Å²) in [6, 6.07) is 17.0. The van der Waals surface area contributed by atoms with Gasteiger partial charge >= 0.3 is 29.6 Å². The fraction of sp³-hybridized carbons (Fsp3) is 0.516. The van der Waals surface area contributed by atoms with Crippen molar-refractivity contribution in [2.45, 2.75) is 92.4 Å². The molecule has 5 nitrogen and oxygen atoms in total. The molecule has 0 radical (unpaired) electrons. The average molecular weight is 547 g/mol. The molecule has 1 aliphatic rings. The molecule has 0 fully saturated rings. The zero-order chi connectivity index (χ0) is 27.3. The number of unbranched alkanes of at least 4 members (excludes halogenated alkanes) is 2. The topological polar surface area (TPSA) is 81.6 Å². The number of aliphatic imine (C=N–C) groups is 1. The van der Waals surface area contributed by atoms with Crippen molar-refractivity contribution in [3.8, 4) is 0 Å². The predicted octanol–water partition coefficient (Wildman–Crippen LogP) is 2.20. The smallest absolute Gasteiger partial charge is 0.846 e. The van der Waals surface area contributed by atoms with Gasteiger partial charge < -0.3 is 10.4 Å². The number of carbonyl (C=O) groups is 2. The Kier molecular flexibility index (Phi) is 16.3. The molecule has 1 aliphatic heterocycles. The molecule has 1 heterocycles. The fourth-order valence-electron chi connectivity index (χ4n) is 4.98. The standard InChI is InChI=1S/C20H27P.C11H18N2O3.Na/c1-3-5-11-17-12-10-16-20(19(17)15-6-4-2)21-18-13-8-7-9-14-18;1-4-6-7(3)11(5-2)8(14)12-10(16)13-9(11)15;/h7-10,12-14,16,21H,3-6,11,15H2,1-2H3;7H,4-6H2,1-3H3,(H2,12,13,14,15,16);/q;;+1/p-1. The van der Waals surface area contributed by atoms with E-state index in [0.717, 1.165) is 21.4 Å². The van der Waals surface area contributed by atoms with Crippen LogP contribution in [0.1, 0.15) is 90.7 Å². The summed E-state index contributed by atoms with van der Waals surface area (Å²) in [5.74, 6) is -1.20. The summed E-state index contributed by atoms with van der Waals surface area (Å²) >= 11 is 0. The second-order valence-corrected chi connectivity index (χ2v) is 11.2. The van der Waals surface area contributed by atoms with Crippen LogP contribution in [0, 0.1) is 11.3 Å². The van der Waals surface area contributed by atoms with Gasteiger partial charge in [0.05, 0.1) is 6.02 Å². The van der Waals surface area contributed by atoms with Crippen LogP contribution in [0.15, 0.2) is 53.5 Å². The molecule has 3 rings (SSSR count). The van der Waals surface area contributed by atoms with Crippen molar-refractivity contribution in [1.82, 2.24) is 5.32 Å². The van der Waals surface area contributed by atoms with E-state index < -0.39 is 23.3 Å². The SMILES string of the molecule is CCCC(C)C1(CC)C(=O)N=C([O-])NC1=O.CCCCc1cccc(Pc2ccccc2)c1CCCC.[Na+]. The van der Waals surface area contributed by atoms with Gasteiger partial charge in [0, 0.05) is 0 Å². The van der Waals surface area contributed by atoms with Gasteiger partial charge in [0.1, 0.15) is 5.41 Å². The molecule has 1 N–H and O–H groups in total. The third-order valence-electron chi connectivity index (χ3n) is 7.24. The third kappa shape index (κ3) is 9.30. The van der Waals surface area contributed by atoms with Crippen molar-refractivity contribution >= 4 is 37.0 Å². The minimum atomic E-state index is -1.15. The number of nitrogens with one attached hydrogen (secondary N) is 1. The van der Waals surface area contributed by atoms with E-state index in [2.05, 4.69) is 72.7 Å². The van der Waals surface area contributed by atoms with Crippen LogP contribution >= 0.6 is 8.58 Å². The second-order valence-electron chi connectivity index (χ2n) is 9.83. The number of carbonyl (C=O) groups excluding carboxylic acids is 2. The predicted molar refractivity (Wildman–Crippen MR) is 155 cm³/mol. The number of amidine groups is 1. The Morgan fingerprint density at radius 3 is 2.16 bits per heavy atom. The zero-order valence-corrected chi connectivity index (χ0v) is 27.2. The van der Waals surface area contributed by atoms with Crippen LogP contribution in [0.5, 0.6) is 0 Å². The van der Waals surface area contributed by atoms with E-state index in [1.54, 1.807) is 23.4 Å². The number of nitrogens with zero attached hydrogens (tertiary/aromatic N) is 1. The van der Waals surface area contributed by atoms with E-state index >= 15 is 0 Å². The maximum Gasteiger partial charge on any atom is 1.00 e. The summed E-state index contributed by atoms with van der Waals surface area (Å²) < 4.78 is 0. The summed E-state index contributed by atoms with van der Waals surface area (Å²) in [4.78, 5) is 27.1. The van der Waals surface area contributed by atoms with Crippen molar-refractivity contribution in [3.05, 3.63) is 59.7 Å². The quantitative estimate of drug-likeness (QED) is 0.252. The summed E-state index contributed by atoms with van der Waals surface area (Å²) in [5, 5.41) is 16.1. The van der Waals surface area contributed by atoms with Gasteiger partial charge in [0.25, 0.3) is 5.91 Å². The fourth-order valence-corrected chi connectivity index (χ4v) is 6.27. The number of hydrogen-bond donors (Lipinski definition) is 1. The van der Waals surface area contributed by atoms with Gasteiger partial charge in [-0.1, -0.05) is 111 Å². The van der Waals surface area contributed by atoms with E-state index in [-0.39, 0.29) is 35.5 Å². The Balaban J connectivity index is 0.000000384. The van der Waals surface area contributed by atoms with E-state index in [9.17, 15) is 14.7 Å². The molecule has 0 aliphatic carbocycles. The molecule has 2 amide bonds. The molecule has 202 valence electrons. The van der Waals surface area contributed by atoms with E-state index in [4.69, 9.17) is 0 Å². The maximum atomic E-state index is 11.9. The van der Waals surface area contributed by atoms with Crippen LogP contribution in [0.3, 0.4) is 0 Å². The van der Waals surface area contributed by atoms with Gasteiger partial charge in [0.2, 0.25) is 5.91 Å². The molecule has 0 saturated carbocycles. The van der Waals surface area contributed by atoms with Crippen molar-refractivity contribution in [2.24, 2.45) is 16.3 Å². The van der Waals surface area contributed by atoms with Crippen molar-refractivity contribution in [1.29, 1.82) is 0 Å². The van der Waals surface area contributed by atoms with Crippen molar-refractivity contribution in [3.63, 3.8) is 0 Å². The Morgan fingerprint density at radius 1 is 0.921 bits per heavy atom. The first-order valence-electron chi connectivity index (χ1n) is 13.9. The molecular formula is C31H44N2NaO3P. The normalized spacial score (nSPS) is 17.8. The Bertz CT molecular complexity index is 1040. The summed E-state index contributed by atoms with van der Waals surface area (Å²) in [6.45, 7) is 10.2. The molecule has 0 saturated heterocycles. The number of rotatable bonds is 12. The Labute approximate surface area is 253 Å². The van der Waals surface area contributed by atoms with E-state index in [1.165, 1.54) is 43.8 Å². The van der Waals surface area contributed by atoms with E-state index in [0.29, 0.717) is 6.42 Å². The van der Waals surface area contributed by atoms with Gasteiger partial charge in [-0.2, -0.15) is 0 Å². The van der Waals surface area contributed by atoms with Crippen LogP contribution in [0.4, 0.5) is 0 Å². The van der Waals surface area contributed by atoms with Crippen LogP contribution in [-0.4, -0.2) is 17.8 Å². The minimum Gasteiger partial charge on any atom is -0.846 e. The van der Waals surface area contributed by atoms with E-state index in [1.807, 2.05) is 13.8 Å². The first kappa shape index (κ1) is 34.5. The first-order valence-corrected chi connectivity index (χ1v) is 14.9. The third-order valence-corrected chi connectivity index (χ3v) is 8.60. The molecule has 3 unspecified atom stereocenters. The number of aryl methyl sites for hydroxylation is 1. The first-order chi connectivity index (χ1) is 17.8. The van der Waals surface area contributed by atoms with Gasteiger partial charge in [-0.15, -0.1) is 0 Å². The monoisotopic (exact) mass is 546 g/mol. The molecule has 0 aromatic heterocycles. The van der Waals surface area contributed by atoms with Gasteiger partial charge in [-0.25, -0.2) is 4.99 Å². The molecule has 2 aromatic rings. The molecular weight excluding hydrogens is 502 g/mol. The van der Waals surface area contributed by atoms with Crippen molar-refractivity contribution < 1.29 is 44.3 Å². The summed E-state index contributed by atoms with van der Waals surface area (Å²) in [7, 11) is 0.788. The van der Waals surface area contributed by atoms with Gasteiger partial charge in [0.15, 0.2) is 0 Å². The number of amides is 2. The maximum absolute atomic E-state index is 11.9. The minimum absolute atomic E-state index is 0. The van der Waals surface area contributed by atoms with Gasteiger partial charge in [-0.05, 0) is 66.2 Å². The van der Waals surface area contributed by atoms with Crippen LogP contribution in [0.25, 0.3) is 0 Å². The number of benzene rings is 2. The van der Waals surface area contributed by atoms with Crippen LogP contribution in [0.2, 0.25) is 0 Å². The zero-order valence-electron chi connectivity index (χ0n) is 24.2. The average Bonchev–Trinajstić information content (AvgIpc) is 2.88. The molecule has 0 bridgehead atoms. The molecule has 3 atom stereocenters. The van der Waals surface area contributed by atoms with Crippen molar-refractivity contribution in [2.75, 3.05) is 0 Å². The van der Waals surface area contributed by atoms with Crippen LogP contribution in [-0.2, 0) is 22.4 Å². The molecule has 0 spiro atoms. The molecule has 7 heteroatoms.